The minimum Gasteiger partial charge on any atom is -0.507 e. The molecule has 0 aliphatic heterocycles. The lowest BCUT2D eigenvalue weighted by Crippen LogP contribution is -2.15. The van der Waals surface area contributed by atoms with Crippen molar-refractivity contribution in [3.05, 3.63) is 28.8 Å². The largest absolute Gasteiger partial charge is 0.507 e. The zero-order valence-corrected chi connectivity index (χ0v) is 12.6. The Hall–Kier alpha value is -1.51. The topological polar surface area (TPSA) is 57.5 Å². The first-order valence-corrected chi connectivity index (χ1v) is 7.41. The number of rotatable bonds is 2. The number of hydrogen-bond donors (Lipinski definition) is 2. The van der Waals surface area contributed by atoms with Crippen LogP contribution in [0, 0.1) is 0 Å². The summed E-state index contributed by atoms with van der Waals surface area (Å²) in [5.41, 5.74) is 1.58. The van der Waals surface area contributed by atoms with Gasteiger partial charge in [-0.1, -0.05) is 46.1 Å². The summed E-state index contributed by atoms with van der Waals surface area (Å²) in [4.78, 5) is 11.4. The Bertz CT molecular complexity index is 506. The van der Waals surface area contributed by atoms with Crippen molar-refractivity contribution in [1.82, 2.24) is 0 Å². The van der Waals surface area contributed by atoms with Crippen LogP contribution < -0.4 is 0 Å². The molecular weight excluding hydrogens is 252 g/mol. The summed E-state index contributed by atoms with van der Waals surface area (Å²) in [6.07, 6.45) is 5.92. The van der Waals surface area contributed by atoms with Crippen LogP contribution in [0.1, 0.15) is 80.3 Å². The van der Waals surface area contributed by atoms with Gasteiger partial charge in [-0.15, -0.1) is 0 Å². The molecule has 0 saturated heterocycles. The molecule has 1 fully saturated rings. The van der Waals surface area contributed by atoms with Crippen molar-refractivity contribution in [3.63, 3.8) is 0 Å². The Balaban J connectivity index is 2.52. The molecule has 3 nitrogen and oxygen atoms in total. The van der Waals surface area contributed by atoms with Gasteiger partial charge in [0.05, 0.1) is 0 Å². The molecule has 1 saturated carbocycles. The standard InChI is InChI=1S/C17H24O3/c1-17(2,3)14-10-12(11-7-5-4-6-8-11)9-13(15(14)18)16(19)20/h9-11,18H,4-8H2,1-3H3,(H,19,20). The van der Waals surface area contributed by atoms with Gasteiger partial charge in [0.1, 0.15) is 11.3 Å². The van der Waals surface area contributed by atoms with Gasteiger partial charge in [-0.25, -0.2) is 4.79 Å². The lowest BCUT2D eigenvalue weighted by molar-refractivity contribution is 0.0693. The smallest absolute Gasteiger partial charge is 0.339 e. The monoisotopic (exact) mass is 276 g/mol. The van der Waals surface area contributed by atoms with Gasteiger partial charge in [0, 0.05) is 5.56 Å². The van der Waals surface area contributed by atoms with E-state index in [9.17, 15) is 15.0 Å². The second-order valence-corrected chi connectivity index (χ2v) is 6.85. The highest BCUT2D eigenvalue weighted by molar-refractivity contribution is 5.91. The molecule has 3 heteroatoms. The van der Waals surface area contributed by atoms with Crippen molar-refractivity contribution in [3.8, 4) is 5.75 Å². The van der Waals surface area contributed by atoms with Gasteiger partial charge in [0.15, 0.2) is 0 Å². The summed E-state index contributed by atoms with van der Waals surface area (Å²) in [5, 5.41) is 19.6. The molecule has 1 aliphatic rings. The van der Waals surface area contributed by atoms with E-state index in [2.05, 4.69) is 0 Å². The third kappa shape index (κ3) is 2.97. The molecule has 1 aliphatic carbocycles. The number of hydrogen-bond acceptors (Lipinski definition) is 2. The lowest BCUT2D eigenvalue weighted by atomic mass is 9.79. The third-order valence-electron chi connectivity index (χ3n) is 4.25. The fourth-order valence-corrected chi connectivity index (χ4v) is 3.06. The SMILES string of the molecule is CC(C)(C)c1cc(C2CCCCC2)cc(C(=O)O)c1O. The Labute approximate surface area is 120 Å². The average molecular weight is 276 g/mol. The number of carboxylic acid groups (broad SMARTS) is 1. The van der Waals surface area contributed by atoms with Gasteiger partial charge < -0.3 is 10.2 Å². The maximum atomic E-state index is 11.4. The molecule has 0 heterocycles. The molecule has 1 aromatic carbocycles. The number of carbonyl (C=O) groups is 1. The van der Waals surface area contributed by atoms with Crippen LogP contribution in [-0.2, 0) is 5.41 Å². The quantitative estimate of drug-likeness (QED) is 0.839. The van der Waals surface area contributed by atoms with E-state index in [1.165, 1.54) is 19.3 Å². The number of aromatic carboxylic acids is 1. The maximum absolute atomic E-state index is 11.4. The molecular formula is C17H24O3. The van der Waals surface area contributed by atoms with E-state index in [1.807, 2.05) is 26.8 Å². The van der Waals surface area contributed by atoms with E-state index in [4.69, 9.17) is 0 Å². The van der Waals surface area contributed by atoms with E-state index in [1.54, 1.807) is 6.07 Å². The molecule has 0 aromatic heterocycles. The zero-order valence-electron chi connectivity index (χ0n) is 12.6. The van der Waals surface area contributed by atoms with Crippen molar-refractivity contribution in [1.29, 1.82) is 0 Å². The number of aromatic hydroxyl groups is 1. The molecule has 2 rings (SSSR count). The highest BCUT2D eigenvalue weighted by atomic mass is 16.4. The third-order valence-corrected chi connectivity index (χ3v) is 4.25. The Morgan fingerprint density at radius 3 is 2.25 bits per heavy atom. The molecule has 0 radical (unpaired) electrons. The summed E-state index contributed by atoms with van der Waals surface area (Å²) in [6, 6.07) is 3.68. The minimum absolute atomic E-state index is 0.0398. The van der Waals surface area contributed by atoms with Gasteiger partial charge in [-0.05, 0) is 35.8 Å². The first kappa shape index (κ1) is 14.9. The molecule has 110 valence electrons. The fourth-order valence-electron chi connectivity index (χ4n) is 3.06. The van der Waals surface area contributed by atoms with E-state index < -0.39 is 5.97 Å². The van der Waals surface area contributed by atoms with Crippen LogP contribution in [0.25, 0.3) is 0 Å². The van der Waals surface area contributed by atoms with Crippen molar-refractivity contribution < 1.29 is 15.0 Å². The molecule has 0 bridgehead atoms. The molecule has 1 aromatic rings. The predicted octanol–water partition coefficient (Wildman–Crippen LogP) is 4.44. The highest BCUT2D eigenvalue weighted by Gasteiger charge is 2.26. The van der Waals surface area contributed by atoms with Gasteiger partial charge in [0.2, 0.25) is 0 Å². The normalized spacial score (nSPS) is 17.1. The van der Waals surface area contributed by atoms with Crippen LogP contribution in [0.15, 0.2) is 12.1 Å². The van der Waals surface area contributed by atoms with E-state index in [0.29, 0.717) is 5.92 Å². The van der Waals surface area contributed by atoms with Crippen molar-refractivity contribution in [2.45, 2.75) is 64.2 Å². The van der Waals surface area contributed by atoms with Gasteiger partial charge >= 0.3 is 5.97 Å². The van der Waals surface area contributed by atoms with Crippen molar-refractivity contribution in [2.75, 3.05) is 0 Å². The first-order valence-electron chi connectivity index (χ1n) is 7.41. The molecule has 0 spiro atoms. The first-order chi connectivity index (χ1) is 9.30. The zero-order chi connectivity index (χ0) is 14.9. The Morgan fingerprint density at radius 2 is 1.75 bits per heavy atom. The molecule has 2 N–H and O–H groups in total. The van der Waals surface area contributed by atoms with Gasteiger partial charge in [-0.2, -0.15) is 0 Å². The van der Waals surface area contributed by atoms with E-state index >= 15 is 0 Å². The Kier molecular flexibility index (Phi) is 4.07. The molecule has 0 amide bonds. The Morgan fingerprint density at radius 1 is 1.15 bits per heavy atom. The fraction of sp³-hybridized carbons (Fsp3) is 0.588. The summed E-state index contributed by atoms with van der Waals surface area (Å²) in [5.74, 6) is -0.696. The lowest BCUT2D eigenvalue weighted by Gasteiger charge is -2.27. The second kappa shape index (κ2) is 5.47. The van der Waals surface area contributed by atoms with E-state index in [-0.39, 0.29) is 16.7 Å². The van der Waals surface area contributed by atoms with Crippen LogP contribution in [0.5, 0.6) is 5.75 Å². The maximum Gasteiger partial charge on any atom is 0.339 e. The van der Waals surface area contributed by atoms with E-state index in [0.717, 1.165) is 24.0 Å². The summed E-state index contributed by atoms with van der Waals surface area (Å²) in [6.45, 7) is 6.00. The van der Waals surface area contributed by atoms with Gasteiger partial charge in [0.25, 0.3) is 0 Å². The highest BCUT2D eigenvalue weighted by Crippen LogP contribution is 2.39. The summed E-state index contributed by atoms with van der Waals surface area (Å²) >= 11 is 0. The summed E-state index contributed by atoms with van der Waals surface area (Å²) in [7, 11) is 0. The van der Waals surface area contributed by atoms with Crippen molar-refractivity contribution in [2.24, 2.45) is 0 Å². The molecule has 0 atom stereocenters. The summed E-state index contributed by atoms with van der Waals surface area (Å²) < 4.78 is 0. The molecule has 0 unspecified atom stereocenters. The van der Waals surface area contributed by atoms with Crippen LogP contribution in [0.2, 0.25) is 0 Å². The number of carboxylic acids is 1. The van der Waals surface area contributed by atoms with Crippen LogP contribution in [0.3, 0.4) is 0 Å². The van der Waals surface area contributed by atoms with Crippen LogP contribution in [0.4, 0.5) is 0 Å². The number of benzene rings is 1. The average Bonchev–Trinajstić information content (AvgIpc) is 2.38. The minimum atomic E-state index is -1.05. The predicted molar refractivity (Wildman–Crippen MR) is 79.6 cm³/mol. The van der Waals surface area contributed by atoms with Crippen LogP contribution >= 0.6 is 0 Å². The number of phenols is 1. The second-order valence-electron chi connectivity index (χ2n) is 6.85. The van der Waals surface area contributed by atoms with Crippen molar-refractivity contribution >= 4 is 5.97 Å². The van der Waals surface area contributed by atoms with Crippen LogP contribution in [-0.4, -0.2) is 16.2 Å². The molecule has 20 heavy (non-hydrogen) atoms. The van der Waals surface area contributed by atoms with Gasteiger partial charge in [-0.3, -0.25) is 0 Å².